The predicted molar refractivity (Wildman–Crippen MR) is 111 cm³/mol. The third kappa shape index (κ3) is 5.26. The first kappa shape index (κ1) is 20.2. The maximum absolute atomic E-state index is 12.5. The van der Waals surface area contributed by atoms with Crippen LogP contribution in [0.15, 0.2) is 29.4 Å². The van der Waals surface area contributed by atoms with Gasteiger partial charge in [0, 0.05) is 30.7 Å². The summed E-state index contributed by atoms with van der Waals surface area (Å²) in [6, 6.07) is 7.58. The summed E-state index contributed by atoms with van der Waals surface area (Å²) in [5.41, 5.74) is 0.973. The summed E-state index contributed by atoms with van der Waals surface area (Å²) in [4.78, 5) is 14.4. The average Bonchev–Trinajstić information content (AvgIpc) is 3.10. The van der Waals surface area contributed by atoms with Crippen molar-refractivity contribution in [3.05, 3.63) is 29.3 Å². The monoisotopic (exact) mass is 406 g/mol. The molecule has 0 radical (unpaired) electrons. The standard InChI is InChI=1S/C20H27ClN4OS/c1-3-25-19(16-9-11-17(21)12-10-16)22-23-20(25)27-14-18(26)24(2)13-15-7-5-4-6-8-15/h9-12,15H,3-8,13-14H2,1-2H3. The van der Waals surface area contributed by atoms with Gasteiger partial charge in [0.05, 0.1) is 5.75 Å². The minimum atomic E-state index is 0.157. The summed E-state index contributed by atoms with van der Waals surface area (Å²) in [6.07, 6.45) is 6.44. The van der Waals surface area contributed by atoms with Gasteiger partial charge in [0.15, 0.2) is 11.0 Å². The molecule has 1 fully saturated rings. The highest BCUT2D eigenvalue weighted by Crippen LogP contribution is 2.26. The number of nitrogens with zero attached hydrogens (tertiary/aromatic N) is 4. The second-order valence-electron chi connectivity index (χ2n) is 7.12. The Bertz CT molecular complexity index is 756. The van der Waals surface area contributed by atoms with Gasteiger partial charge in [0.25, 0.3) is 0 Å². The van der Waals surface area contributed by atoms with E-state index in [1.807, 2.05) is 40.8 Å². The van der Waals surface area contributed by atoms with Crippen LogP contribution in [0.25, 0.3) is 11.4 Å². The molecule has 1 heterocycles. The molecular formula is C20H27ClN4OS. The Morgan fingerprint density at radius 2 is 1.93 bits per heavy atom. The summed E-state index contributed by atoms with van der Waals surface area (Å²) >= 11 is 7.43. The van der Waals surface area contributed by atoms with Gasteiger partial charge in [-0.25, -0.2) is 0 Å². The number of thioether (sulfide) groups is 1. The van der Waals surface area contributed by atoms with Gasteiger partial charge in [-0.1, -0.05) is 42.6 Å². The average molecular weight is 407 g/mol. The van der Waals surface area contributed by atoms with Crippen molar-refractivity contribution >= 4 is 29.3 Å². The Morgan fingerprint density at radius 3 is 2.59 bits per heavy atom. The number of benzene rings is 1. The van der Waals surface area contributed by atoms with E-state index in [4.69, 9.17) is 11.6 Å². The SMILES string of the molecule is CCn1c(SCC(=O)N(C)CC2CCCCC2)nnc1-c1ccc(Cl)cc1. The van der Waals surface area contributed by atoms with Gasteiger partial charge >= 0.3 is 0 Å². The van der Waals surface area contributed by atoms with E-state index in [1.165, 1.54) is 43.9 Å². The zero-order valence-corrected chi connectivity index (χ0v) is 17.6. The second-order valence-corrected chi connectivity index (χ2v) is 8.50. The summed E-state index contributed by atoms with van der Waals surface area (Å²) in [7, 11) is 1.92. The molecule has 0 aliphatic heterocycles. The molecular weight excluding hydrogens is 380 g/mol. The first-order chi connectivity index (χ1) is 13.1. The number of carbonyl (C=O) groups is 1. The van der Waals surface area contributed by atoms with Crippen molar-refractivity contribution in [2.24, 2.45) is 5.92 Å². The minimum absolute atomic E-state index is 0.157. The van der Waals surface area contributed by atoms with Crippen molar-refractivity contribution in [2.45, 2.75) is 50.7 Å². The minimum Gasteiger partial charge on any atom is -0.345 e. The van der Waals surface area contributed by atoms with E-state index in [9.17, 15) is 4.79 Å². The van der Waals surface area contributed by atoms with Crippen molar-refractivity contribution in [1.29, 1.82) is 0 Å². The largest absolute Gasteiger partial charge is 0.345 e. The van der Waals surface area contributed by atoms with Crippen LogP contribution in [-0.4, -0.2) is 44.9 Å². The number of hydrogen-bond acceptors (Lipinski definition) is 4. The maximum atomic E-state index is 12.5. The fourth-order valence-corrected chi connectivity index (χ4v) is 4.66. The molecule has 0 saturated heterocycles. The molecule has 0 atom stereocenters. The second kappa shape index (κ2) is 9.60. The number of aromatic nitrogens is 3. The molecule has 0 spiro atoms. The van der Waals surface area contributed by atoms with Gasteiger partial charge in [-0.05, 0) is 49.9 Å². The van der Waals surface area contributed by atoms with Gasteiger partial charge in [-0.3, -0.25) is 4.79 Å². The number of carbonyl (C=O) groups excluding carboxylic acids is 1. The van der Waals surface area contributed by atoms with Crippen molar-refractivity contribution in [3.63, 3.8) is 0 Å². The number of amides is 1. The third-order valence-corrected chi connectivity index (χ3v) is 6.35. The summed E-state index contributed by atoms with van der Waals surface area (Å²) in [6.45, 7) is 3.68. The molecule has 1 saturated carbocycles. The van der Waals surface area contributed by atoms with Crippen LogP contribution in [0.2, 0.25) is 5.02 Å². The van der Waals surface area contributed by atoms with Crippen LogP contribution < -0.4 is 0 Å². The van der Waals surface area contributed by atoms with Crippen LogP contribution >= 0.6 is 23.4 Å². The lowest BCUT2D eigenvalue weighted by Crippen LogP contribution is -2.33. The molecule has 1 aliphatic rings. The summed E-state index contributed by atoms with van der Waals surface area (Å²) in [5, 5.41) is 10.1. The predicted octanol–water partition coefficient (Wildman–Crippen LogP) is 4.75. The molecule has 1 aromatic heterocycles. The van der Waals surface area contributed by atoms with Crippen LogP contribution in [0.3, 0.4) is 0 Å². The molecule has 0 bridgehead atoms. The Kier molecular flexibility index (Phi) is 7.19. The maximum Gasteiger partial charge on any atom is 0.232 e. The molecule has 2 aromatic rings. The fraction of sp³-hybridized carbons (Fsp3) is 0.550. The quantitative estimate of drug-likeness (QED) is 0.622. The van der Waals surface area contributed by atoms with Gasteiger partial charge in [0.2, 0.25) is 5.91 Å². The normalized spacial score (nSPS) is 15.1. The van der Waals surface area contributed by atoms with Crippen LogP contribution in [0.5, 0.6) is 0 Å². The zero-order chi connectivity index (χ0) is 19.2. The van der Waals surface area contributed by atoms with Crippen LogP contribution in [0.4, 0.5) is 0 Å². The number of rotatable bonds is 7. The Morgan fingerprint density at radius 1 is 1.22 bits per heavy atom. The first-order valence-corrected chi connectivity index (χ1v) is 11.0. The van der Waals surface area contributed by atoms with Gasteiger partial charge in [-0.15, -0.1) is 10.2 Å². The first-order valence-electron chi connectivity index (χ1n) is 9.64. The van der Waals surface area contributed by atoms with Crippen LogP contribution in [-0.2, 0) is 11.3 Å². The fourth-order valence-electron chi connectivity index (χ4n) is 3.59. The molecule has 1 aliphatic carbocycles. The number of hydrogen-bond donors (Lipinski definition) is 0. The van der Waals surface area contributed by atoms with Crippen molar-refractivity contribution in [2.75, 3.05) is 19.3 Å². The molecule has 0 N–H and O–H groups in total. The third-order valence-electron chi connectivity index (χ3n) is 5.14. The highest BCUT2D eigenvalue weighted by molar-refractivity contribution is 7.99. The topological polar surface area (TPSA) is 51.0 Å². The summed E-state index contributed by atoms with van der Waals surface area (Å²) in [5.74, 6) is 2.01. The lowest BCUT2D eigenvalue weighted by atomic mass is 9.89. The number of halogens is 1. The lowest BCUT2D eigenvalue weighted by molar-refractivity contribution is -0.127. The lowest BCUT2D eigenvalue weighted by Gasteiger charge is -2.27. The molecule has 27 heavy (non-hydrogen) atoms. The van der Waals surface area contributed by atoms with Gasteiger partial charge in [-0.2, -0.15) is 0 Å². The van der Waals surface area contributed by atoms with Crippen molar-refractivity contribution in [3.8, 4) is 11.4 Å². The zero-order valence-electron chi connectivity index (χ0n) is 16.0. The molecule has 146 valence electrons. The van der Waals surface area contributed by atoms with Crippen LogP contribution in [0, 0.1) is 5.92 Å². The van der Waals surface area contributed by atoms with Gasteiger partial charge < -0.3 is 9.47 Å². The molecule has 1 aromatic carbocycles. The molecule has 5 nitrogen and oxygen atoms in total. The van der Waals surface area contributed by atoms with Crippen LogP contribution in [0.1, 0.15) is 39.0 Å². The highest BCUT2D eigenvalue weighted by Gasteiger charge is 2.20. The Hall–Kier alpha value is -1.53. The molecule has 0 unspecified atom stereocenters. The van der Waals surface area contributed by atoms with E-state index in [0.29, 0.717) is 16.7 Å². The summed E-state index contributed by atoms with van der Waals surface area (Å²) < 4.78 is 2.04. The Balaban J connectivity index is 1.60. The van der Waals surface area contributed by atoms with E-state index in [1.54, 1.807) is 0 Å². The molecule has 7 heteroatoms. The van der Waals surface area contributed by atoms with E-state index >= 15 is 0 Å². The van der Waals surface area contributed by atoms with E-state index in [0.717, 1.165) is 29.6 Å². The molecule has 3 rings (SSSR count). The highest BCUT2D eigenvalue weighted by atomic mass is 35.5. The van der Waals surface area contributed by atoms with E-state index in [-0.39, 0.29) is 5.91 Å². The van der Waals surface area contributed by atoms with Crippen molar-refractivity contribution < 1.29 is 4.79 Å². The van der Waals surface area contributed by atoms with E-state index < -0.39 is 0 Å². The smallest absolute Gasteiger partial charge is 0.232 e. The van der Waals surface area contributed by atoms with Gasteiger partial charge in [0.1, 0.15) is 0 Å². The van der Waals surface area contributed by atoms with E-state index in [2.05, 4.69) is 17.1 Å². The molecule has 1 amide bonds. The Labute approximate surface area is 170 Å². The van der Waals surface area contributed by atoms with Crippen molar-refractivity contribution in [1.82, 2.24) is 19.7 Å².